The highest BCUT2D eigenvalue weighted by Crippen LogP contribution is 2.14. The summed E-state index contributed by atoms with van der Waals surface area (Å²) in [4.78, 5) is 37.1. The Balaban J connectivity index is 4.36. The van der Waals surface area contributed by atoms with E-state index in [4.69, 9.17) is 18.9 Å². The Hall–Kier alpha value is -3.27. The summed E-state index contributed by atoms with van der Waals surface area (Å²) >= 11 is 0. The summed E-state index contributed by atoms with van der Waals surface area (Å²) in [6.07, 6.45) is 53.7. The molecule has 362 valence electrons. The highest BCUT2D eigenvalue weighted by atomic mass is 16.7. The zero-order chi connectivity index (χ0) is 46.3. The minimum absolute atomic E-state index is 0.136. The maximum absolute atomic E-state index is 12.8. The number of rotatable bonds is 45. The molecule has 0 heterocycles. The lowest BCUT2D eigenvalue weighted by molar-refractivity contribution is -0.870. The van der Waals surface area contributed by atoms with Crippen LogP contribution in [0.5, 0.6) is 0 Å². The Morgan fingerprint density at radius 3 is 1.38 bits per heavy atom. The van der Waals surface area contributed by atoms with E-state index in [9.17, 15) is 19.5 Å². The van der Waals surface area contributed by atoms with Crippen LogP contribution in [0.1, 0.15) is 194 Å². The summed E-state index contributed by atoms with van der Waals surface area (Å²) in [6, 6.07) is 0. The van der Waals surface area contributed by atoms with Crippen molar-refractivity contribution in [2.24, 2.45) is 0 Å². The second kappa shape index (κ2) is 45.3. The SMILES string of the molecule is CC/C=C\C/C=C\C/C=C\C/C=C\CCCCC(=O)OC(COC(=O)CCCCCCCCCCCCC/C=C\C/C=C\CCCCCCC)COC(OCC[N+](C)(C)C)C(=O)[O-]. The van der Waals surface area contributed by atoms with Crippen LogP contribution >= 0.6 is 0 Å². The van der Waals surface area contributed by atoms with Gasteiger partial charge in [0.25, 0.3) is 0 Å². The predicted octanol–water partition coefficient (Wildman–Crippen LogP) is 12.6. The van der Waals surface area contributed by atoms with Crippen LogP contribution < -0.4 is 5.11 Å². The molecule has 0 bridgehead atoms. The molecular weight excluding hydrogens is 791 g/mol. The highest BCUT2D eigenvalue weighted by molar-refractivity contribution is 5.70. The summed E-state index contributed by atoms with van der Waals surface area (Å²) < 4.78 is 22.5. The van der Waals surface area contributed by atoms with E-state index in [2.05, 4.69) is 86.8 Å². The molecule has 0 aromatic heterocycles. The van der Waals surface area contributed by atoms with Crippen molar-refractivity contribution >= 4 is 17.9 Å². The fourth-order valence-electron chi connectivity index (χ4n) is 6.56. The molecule has 9 nitrogen and oxygen atoms in total. The van der Waals surface area contributed by atoms with E-state index < -0.39 is 24.3 Å². The Morgan fingerprint density at radius 2 is 0.905 bits per heavy atom. The Kier molecular flexibility index (Phi) is 43.0. The van der Waals surface area contributed by atoms with Gasteiger partial charge in [-0.05, 0) is 83.5 Å². The summed E-state index contributed by atoms with van der Waals surface area (Å²) in [5.74, 6) is -2.35. The van der Waals surface area contributed by atoms with E-state index in [1.54, 1.807) is 0 Å². The van der Waals surface area contributed by atoms with Crippen molar-refractivity contribution in [3.05, 3.63) is 72.9 Å². The second-order valence-corrected chi connectivity index (χ2v) is 17.7. The van der Waals surface area contributed by atoms with Crippen molar-refractivity contribution in [1.29, 1.82) is 0 Å². The lowest BCUT2D eigenvalue weighted by Crippen LogP contribution is -2.44. The predicted molar refractivity (Wildman–Crippen MR) is 260 cm³/mol. The number of nitrogens with zero attached hydrogens (tertiary/aromatic N) is 1. The summed E-state index contributed by atoms with van der Waals surface area (Å²) in [6.45, 7) is 4.56. The van der Waals surface area contributed by atoms with Gasteiger partial charge in [0.15, 0.2) is 12.4 Å². The van der Waals surface area contributed by atoms with Gasteiger partial charge in [0, 0.05) is 12.8 Å². The van der Waals surface area contributed by atoms with E-state index in [1.165, 1.54) is 96.3 Å². The third-order valence-corrected chi connectivity index (χ3v) is 10.4. The molecule has 0 aromatic rings. The third kappa shape index (κ3) is 46.5. The lowest BCUT2D eigenvalue weighted by Gasteiger charge is -2.26. The average molecular weight is 884 g/mol. The van der Waals surface area contributed by atoms with Crippen molar-refractivity contribution in [1.82, 2.24) is 0 Å². The highest BCUT2D eigenvalue weighted by Gasteiger charge is 2.21. The Labute approximate surface area is 386 Å². The zero-order valence-corrected chi connectivity index (χ0v) is 40.9. The van der Waals surface area contributed by atoms with Crippen LogP contribution in [0.3, 0.4) is 0 Å². The van der Waals surface area contributed by atoms with Crippen LogP contribution in [-0.4, -0.2) is 82.3 Å². The van der Waals surface area contributed by atoms with Gasteiger partial charge in [-0.15, -0.1) is 0 Å². The summed E-state index contributed by atoms with van der Waals surface area (Å²) in [5, 5.41) is 11.7. The first kappa shape index (κ1) is 59.7. The molecule has 9 heteroatoms. The normalized spacial score (nSPS) is 13.5. The average Bonchev–Trinajstić information content (AvgIpc) is 3.24. The fourth-order valence-corrected chi connectivity index (χ4v) is 6.56. The number of carbonyl (C=O) groups is 3. The van der Waals surface area contributed by atoms with Crippen LogP contribution in [0.4, 0.5) is 0 Å². The van der Waals surface area contributed by atoms with Crippen LogP contribution in [-0.2, 0) is 33.3 Å². The number of quaternary nitrogens is 1. The largest absolute Gasteiger partial charge is 0.545 e. The Morgan fingerprint density at radius 1 is 0.492 bits per heavy atom. The van der Waals surface area contributed by atoms with Gasteiger partial charge in [-0.25, -0.2) is 0 Å². The van der Waals surface area contributed by atoms with E-state index in [0.717, 1.165) is 64.2 Å². The van der Waals surface area contributed by atoms with Crippen molar-refractivity contribution in [2.75, 3.05) is 47.5 Å². The number of esters is 2. The van der Waals surface area contributed by atoms with E-state index in [0.29, 0.717) is 17.4 Å². The lowest BCUT2D eigenvalue weighted by atomic mass is 10.0. The molecule has 0 spiro atoms. The first-order chi connectivity index (χ1) is 30.6. The van der Waals surface area contributed by atoms with Gasteiger partial charge in [0.1, 0.15) is 13.2 Å². The minimum Gasteiger partial charge on any atom is -0.545 e. The number of carboxylic acid groups (broad SMARTS) is 1. The summed E-state index contributed by atoms with van der Waals surface area (Å²) in [5.41, 5.74) is 0. The molecule has 0 saturated heterocycles. The van der Waals surface area contributed by atoms with Gasteiger partial charge in [-0.2, -0.15) is 0 Å². The monoisotopic (exact) mass is 884 g/mol. The maximum Gasteiger partial charge on any atom is 0.306 e. The van der Waals surface area contributed by atoms with Crippen LogP contribution in [0.2, 0.25) is 0 Å². The van der Waals surface area contributed by atoms with Gasteiger partial charge in [-0.3, -0.25) is 9.59 Å². The fraction of sp³-hybridized carbons (Fsp3) is 0.722. The molecule has 0 fully saturated rings. The van der Waals surface area contributed by atoms with Gasteiger partial charge < -0.3 is 33.3 Å². The molecular formula is C54H93NO8. The van der Waals surface area contributed by atoms with E-state index in [1.807, 2.05) is 21.1 Å². The first-order valence-corrected chi connectivity index (χ1v) is 25.1. The van der Waals surface area contributed by atoms with Gasteiger partial charge in [0.2, 0.25) is 0 Å². The van der Waals surface area contributed by atoms with Crippen LogP contribution in [0.25, 0.3) is 0 Å². The minimum atomic E-state index is -1.63. The Bertz CT molecular complexity index is 1260. The van der Waals surface area contributed by atoms with E-state index in [-0.39, 0.29) is 38.6 Å². The number of allylic oxidation sites excluding steroid dienone is 12. The standard InChI is InChI=1S/C54H93NO8/c1-6-8-10-12-14-16-18-20-22-23-24-25-26-27-28-29-31-32-34-36-38-40-42-44-51(56)61-48-50(49-62-54(53(58)59)60-47-46-55(3,4)5)63-52(57)45-43-41-39-37-35-33-30-21-19-17-15-13-11-9-7-2/h9,11,15,17-18,20-21,23-24,30,35,37,50,54H,6-8,10,12-14,16,19,22,25-29,31-34,36,38-49H2,1-5H3/b11-9-,17-15-,20-18-,24-23-,30-21-,37-35-. The molecule has 2 unspecified atom stereocenters. The van der Waals surface area contributed by atoms with Crippen molar-refractivity contribution in [3.8, 4) is 0 Å². The van der Waals surface area contributed by atoms with Gasteiger partial charge >= 0.3 is 11.9 Å². The zero-order valence-electron chi connectivity index (χ0n) is 40.9. The summed E-state index contributed by atoms with van der Waals surface area (Å²) in [7, 11) is 5.89. The van der Waals surface area contributed by atoms with Crippen molar-refractivity contribution < 1.29 is 42.9 Å². The number of ether oxygens (including phenoxy) is 4. The van der Waals surface area contributed by atoms with Gasteiger partial charge in [-0.1, -0.05) is 170 Å². The second-order valence-electron chi connectivity index (χ2n) is 17.7. The molecule has 0 aromatic carbocycles. The smallest absolute Gasteiger partial charge is 0.306 e. The quantitative estimate of drug-likeness (QED) is 0.0195. The number of aliphatic carboxylic acids is 1. The number of carbonyl (C=O) groups excluding carboxylic acids is 3. The number of likely N-dealkylation sites (N-methyl/N-ethyl adjacent to an activating group) is 1. The molecule has 0 aliphatic carbocycles. The molecule has 0 rings (SSSR count). The molecule has 63 heavy (non-hydrogen) atoms. The number of unbranched alkanes of at least 4 members (excludes halogenated alkanes) is 18. The number of carboxylic acids is 1. The number of hydrogen-bond donors (Lipinski definition) is 0. The molecule has 0 aliphatic rings. The van der Waals surface area contributed by atoms with Gasteiger partial charge in [0.05, 0.1) is 40.3 Å². The molecule has 0 saturated carbocycles. The molecule has 0 aliphatic heterocycles. The molecule has 0 N–H and O–H groups in total. The maximum atomic E-state index is 12.8. The van der Waals surface area contributed by atoms with Crippen molar-refractivity contribution in [3.63, 3.8) is 0 Å². The molecule has 0 radical (unpaired) electrons. The molecule has 2 atom stereocenters. The number of hydrogen-bond acceptors (Lipinski definition) is 8. The van der Waals surface area contributed by atoms with E-state index >= 15 is 0 Å². The topological polar surface area (TPSA) is 111 Å². The van der Waals surface area contributed by atoms with Crippen molar-refractivity contribution in [2.45, 2.75) is 206 Å². The molecule has 0 amide bonds. The van der Waals surface area contributed by atoms with Crippen LogP contribution in [0, 0.1) is 0 Å². The third-order valence-electron chi connectivity index (χ3n) is 10.4. The van der Waals surface area contributed by atoms with Crippen LogP contribution in [0.15, 0.2) is 72.9 Å². The first-order valence-electron chi connectivity index (χ1n) is 25.1.